The summed E-state index contributed by atoms with van der Waals surface area (Å²) in [5, 5.41) is 14.1. The summed E-state index contributed by atoms with van der Waals surface area (Å²) in [6.45, 7) is 7.77. The van der Waals surface area contributed by atoms with Gasteiger partial charge in [0.15, 0.2) is 0 Å². The van der Waals surface area contributed by atoms with Gasteiger partial charge in [-0.1, -0.05) is 6.07 Å². The number of pyridine rings is 1. The van der Waals surface area contributed by atoms with E-state index in [1.54, 1.807) is 23.7 Å². The molecule has 1 fully saturated rings. The monoisotopic (exact) mass is 554 g/mol. The first-order valence-corrected chi connectivity index (χ1v) is 13.6. The number of nitrogens with one attached hydrogen (secondary N) is 3. The highest BCUT2D eigenvalue weighted by atomic mass is 19.1. The SMILES string of the molecule is Cc1cccc(NC(=O)c2cc(F)c(-c3nn4c(c3C(N)=O)Nc3ccc(N5CCNCC5)cc3CC4)cc2C)n1. The molecule has 2 aromatic heterocycles. The van der Waals surface area contributed by atoms with Crippen molar-refractivity contribution in [2.24, 2.45) is 5.73 Å². The maximum Gasteiger partial charge on any atom is 0.257 e. The van der Waals surface area contributed by atoms with Crippen molar-refractivity contribution in [3.8, 4) is 11.3 Å². The number of primary amides is 1. The van der Waals surface area contributed by atoms with Gasteiger partial charge in [0.25, 0.3) is 11.8 Å². The minimum Gasteiger partial charge on any atom is -0.369 e. The van der Waals surface area contributed by atoms with E-state index in [2.05, 4.69) is 43.1 Å². The highest BCUT2D eigenvalue weighted by molar-refractivity contribution is 6.07. The quantitative estimate of drug-likeness (QED) is 0.296. The highest BCUT2D eigenvalue weighted by Gasteiger charge is 2.28. The first kappa shape index (κ1) is 26.5. The number of hydrogen-bond acceptors (Lipinski definition) is 7. The third-order valence-electron chi connectivity index (χ3n) is 7.56. The summed E-state index contributed by atoms with van der Waals surface area (Å²) < 4.78 is 17.3. The summed E-state index contributed by atoms with van der Waals surface area (Å²) in [6.07, 6.45) is 0.669. The van der Waals surface area contributed by atoms with E-state index in [9.17, 15) is 9.59 Å². The standard InChI is InChI=1S/C30H31FN8O2/c1-17-14-22(23(31)16-21(17)30(41)36-25-5-3-4-18(2)34-25)27-26(28(32)40)29-35-24-7-6-20(38-12-9-33-10-13-38)15-19(24)8-11-39(29)37-27/h3-7,14-16,33,35H,8-13H2,1-2H3,(H2,32,40)(H,34,36,41). The lowest BCUT2D eigenvalue weighted by Gasteiger charge is -2.30. The number of amides is 2. The van der Waals surface area contributed by atoms with E-state index in [1.807, 2.05) is 19.1 Å². The van der Waals surface area contributed by atoms with Gasteiger partial charge in [0, 0.05) is 60.9 Å². The van der Waals surface area contributed by atoms with Gasteiger partial charge in [-0.2, -0.15) is 5.10 Å². The highest BCUT2D eigenvalue weighted by Crippen LogP contribution is 2.37. The Bertz CT molecular complexity index is 1680. The van der Waals surface area contributed by atoms with Crippen molar-refractivity contribution < 1.29 is 14.0 Å². The maximum absolute atomic E-state index is 15.6. The molecule has 4 heterocycles. The van der Waals surface area contributed by atoms with Gasteiger partial charge >= 0.3 is 0 Å². The number of anilines is 4. The fraction of sp³-hybridized carbons (Fsp3) is 0.267. The van der Waals surface area contributed by atoms with Gasteiger partial charge in [-0.3, -0.25) is 9.59 Å². The summed E-state index contributed by atoms with van der Waals surface area (Å²) in [7, 11) is 0. The molecule has 2 aromatic carbocycles. The molecule has 0 unspecified atom stereocenters. The van der Waals surface area contributed by atoms with Crippen molar-refractivity contribution in [3.63, 3.8) is 0 Å². The third-order valence-corrected chi connectivity index (χ3v) is 7.56. The van der Waals surface area contributed by atoms with E-state index in [1.165, 1.54) is 6.07 Å². The Morgan fingerprint density at radius 1 is 1.05 bits per heavy atom. The van der Waals surface area contributed by atoms with Gasteiger partial charge in [-0.05, 0) is 73.9 Å². The molecule has 0 radical (unpaired) electrons. The lowest BCUT2D eigenvalue weighted by molar-refractivity contribution is 0.0998. The molecule has 10 nitrogen and oxygen atoms in total. The number of carbonyl (C=O) groups excluding carboxylic acids is 2. The number of rotatable bonds is 5. The van der Waals surface area contributed by atoms with Crippen LogP contribution in [-0.4, -0.2) is 52.8 Å². The molecule has 2 amide bonds. The van der Waals surface area contributed by atoms with E-state index in [0.29, 0.717) is 30.2 Å². The van der Waals surface area contributed by atoms with E-state index >= 15 is 4.39 Å². The van der Waals surface area contributed by atoms with Crippen LogP contribution in [0.5, 0.6) is 0 Å². The average Bonchev–Trinajstić information content (AvgIpc) is 3.22. The number of nitrogens with two attached hydrogens (primary N) is 1. The third kappa shape index (κ3) is 5.11. The smallest absolute Gasteiger partial charge is 0.257 e. The number of benzene rings is 2. The van der Waals surface area contributed by atoms with Crippen LogP contribution in [0.1, 0.15) is 37.5 Å². The lowest BCUT2D eigenvalue weighted by Crippen LogP contribution is -2.43. The Morgan fingerprint density at radius 2 is 1.85 bits per heavy atom. The van der Waals surface area contributed by atoms with E-state index in [-0.39, 0.29) is 22.4 Å². The minimum absolute atomic E-state index is 0.0955. The summed E-state index contributed by atoms with van der Waals surface area (Å²) in [6, 6.07) is 14.2. The number of aromatic nitrogens is 3. The number of carbonyl (C=O) groups is 2. The van der Waals surface area contributed by atoms with Crippen LogP contribution in [0.25, 0.3) is 11.3 Å². The number of nitrogens with zero attached hydrogens (tertiary/aromatic N) is 4. The van der Waals surface area contributed by atoms with Crippen LogP contribution in [0, 0.1) is 19.7 Å². The topological polar surface area (TPSA) is 130 Å². The second-order valence-electron chi connectivity index (χ2n) is 10.4. The molecule has 0 bridgehead atoms. The largest absolute Gasteiger partial charge is 0.369 e. The zero-order valence-electron chi connectivity index (χ0n) is 22.9. The molecular formula is C30H31FN8O2. The Kier molecular flexibility index (Phi) is 6.88. The van der Waals surface area contributed by atoms with Crippen LogP contribution in [0.4, 0.5) is 27.4 Å². The Labute approximate surface area is 236 Å². The maximum atomic E-state index is 15.6. The molecule has 0 saturated carbocycles. The molecule has 41 heavy (non-hydrogen) atoms. The zero-order chi connectivity index (χ0) is 28.7. The molecular weight excluding hydrogens is 523 g/mol. The number of halogens is 1. The molecule has 11 heteroatoms. The van der Waals surface area contributed by atoms with Crippen molar-refractivity contribution in [2.45, 2.75) is 26.8 Å². The lowest BCUT2D eigenvalue weighted by atomic mass is 9.99. The van der Waals surface area contributed by atoms with E-state index in [0.717, 1.165) is 54.9 Å². The fourth-order valence-corrected chi connectivity index (χ4v) is 5.46. The van der Waals surface area contributed by atoms with Gasteiger partial charge in [0.05, 0.1) is 0 Å². The second-order valence-corrected chi connectivity index (χ2v) is 10.4. The molecule has 4 aromatic rings. The van der Waals surface area contributed by atoms with Crippen LogP contribution in [0.3, 0.4) is 0 Å². The molecule has 6 rings (SSSR count). The molecule has 1 saturated heterocycles. The molecule has 0 aliphatic carbocycles. The van der Waals surface area contributed by atoms with Crippen molar-refractivity contribution in [2.75, 3.05) is 41.7 Å². The van der Waals surface area contributed by atoms with Crippen molar-refractivity contribution >= 4 is 34.8 Å². The Balaban J connectivity index is 1.32. The molecule has 0 spiro atoms. The Hall–Kier alpha value is -4.77. The minimum atomic E-state index is -0.723. The summed E-state index contributed by atoms with van der Waals surface area (Å²) in [5.74, 6) is -1.10. The van der Waals surface area contributed by atoms with E-state index < -0.39 is 17.6 Å². The molecule has 5 N–H and O–H groups in total. The zero-order valence-corrected chi connectivity index (χ0v) is 22.9. The van der Waals surface area contributed by atoms with Gasteiger partial charge < -0.3 is 26.6 Å². The van der Waals surface area contributed by atoms with Gasteiger partial charge in [0.2, 0.25) is 0 Å². The van der Waals surface area contributed by atoms with Crippen LogP contribution in [0.15, 0.2) is 48.5 Å². The fourth-order valence-electron chi connectivity index (χ4n) is 5.46. The molecule has 2 aliphatic rings. The number of fused-ring (bicyclic) bond motifs is 2. The van der Waals surface area contributed by atoms with Crippen molar-refractivity contribution in [3.05, 3.63) is 82.3 Å². The van der Waals surface area contributed by atoms with Crippen LogP contribution >= 0.6 is 0 Å². The van der Waals surface area contributed by atoms with Crippen LogP contribution in [0.2, 0.25) is 0 Å². The normalized spacial score (nSPS) is 14.5. The first-order valence-electron chi connectivity index (χ1n) is 13.6. The Morgan fingerprint density at radius 3 is 2.61 bits per heavy atom. The first-order chi connectivity index (χ1) is 19.8. The number of hydrogen-bond donors (Lipinski definition) is 4. The van der Waals surface area contributed by atoms with E-state index in [4.69, 9.17) is 5.73 Å². The van der Waals surface area contributed by atoms with Crippen LogP contribution < -0.4 is 26.6 Å². The predicted octanol–water partition coefficient (Wildman–Crippen LogP) is 3.76. The second kappa shape index (κ2) is 10.7. The predicted molar refractivity (Wildman–Crippen MR) is 156 cm³/mol. The number of aryl methyl sites for hydroxylation is 4. The summed E-state index contributed by atoms with van der Waals surface area (Å²) in [5.41, 5.74) is 10.7. The van der Waals surface area contributed by atoms with Crippen molar-refractivity contribution in [1.29, 1.82) is 0 Å². The van der Waals surface area contributed by atoms with Gasteiger partial charge in [0.1, 0.15) is 28.7 Å². The van der Waals surface area contributed by atoms with Crippen molar-refractivity contribution in [1.82, 2.24) is 20.1 Å². The summed E-state index contributed by atoms with van der Waals surface area (Å²) >= 11 is 0. The van der Waals surface area contributed by atoms with Gasteiger partial charge in [-0.25, -0.2) is 14.1 Å². The van der Waals surface area contributed by atoms with Gasteiger partial charge in [-0.15, -0.1) is 0 Å². The average molecular weight is 555 g/mol. The number of piperazine rings is 1. The molecule has 210 valence electrons. The molecule has 2 aliphatic heterocycles. The molecule has 0 atom stereocenters. The van der Waals surface area contributed by atoms with Crippen LogP contribution in [-0.2, 0) is 13.0 Å². The summed E-state index contributed by atoms with van der Waals surface area (Å²) in [4.78, 5) is 32.3.